The molecule has 0 aliphatic rings. The molecule has 1 aromatic carbocycles. The monoisotopic (exact) mass is 182 g/mol. The van der Waals surface area contributed by atoms with Crippen molar-refractivity contribution in [2.45, 2.75) is 0 Å². The lowest BCUT2D eigenvalue weighted by Gasteiger charge is -1.94. The second-order valence-corrected chi connectivity index (χ2v) is 3.20. The zero-order chi connectivity index (χ0) is 9.97. The Kier molecular flexibility index (Phi) is 2.08. The molecular formula is C12H10N2. The Hall–Kier alpha value is -2.01. The Labute approximate surface area is 83.0 Å². The van der Waals surface area contributed by atoms with Crippen molar-refractivity contribution in [1.82, 2.24) is 4.57 Å². The summed E-state index contributed by atoms with van der Waals surface area (Å²) in [5.41, 5.74) is 2.91. The van der Waals surface area contributed by atoms with Gasteiger partial charge in [0, 0.05) is 18.8 Å². The highest BCUT2D eigenvalue weighted by atomic mass is 14.9. The molecule has 0 saturated carbocycles. The van der Waals surface area contributed by atoms with Crippen molar-refractivity contribution in [2.75, 3.05) is 0 Å². The number of hydrogen-bond acceptors (Lipinski definition) is 1. The number of hydrogen-bond donors (Lipinski definition) is 0. The van der Waals surface area contributed by atoms with Gasteiger partial charge in [-0.05, 0) is 11.6 Å². The second kappa shape index (κ2) is 3.39. The number of nitrogens with zero attached hydrogens (tertiary/aromatic N) is 2. The van der Waals surface area contributed by atoms with Crippen molar-refractivity contribution in [3.05, 3.63) is 48.3 Å². The Bertz CT molecular complexity index is 475. The molecular weight excluding hydrogens is 172 g/mol. The molecule has 2 nitrogen and oxygen atoms in total. The summed E-state index contributed by atoms with van der Waals surface area (Å²) in [7, 11) is 1.88. The quantitative estimate of drug-likeness (QED) is 0.666. The van der Waals surface area contributed by atoms with Crippen LogP contribution in [-0.2, 0) is 7.05 Å². The number of rotatable bonds is 1. The summed E-state index contributed by atoms with van der Waals surface area (Å²) in [5.74, 6) is 0. The molecule has 0 aliphatic heterocycles. The number of aromatic nitrogens is 1. The molecule has 0 N–H and O–H groups in total. The van der Waals surface area contributed by atoms with Gasteiger partial charge in [0.2, 0.25) is 0 Å². The van der Waals surface area contributed by atoms with Crippen LogP contribution in [0.15, 0.2) is 42.6 Å². The van der Waals surface area contributed by atoms with Gasteiger partial charge in [-0.1, -0.05) is 30.3 Å². The van der Waals surface area contributed by atoms with E-state index in [9.17, 15) is 0 Å². The fourth-order valence-electron chi connectivity index (χ4n) is 1.46. The van der Waals surface area contributed by atoms with Crippen molar-refractivity contribution in [3.63, 3.8) is 0 Å². The summed E-state index contributed by atoms with van der Waals surface area (Å²) in [6, 6.07) is 14.1. The van der Waals surface area contributed by atoms with Gasteiger partial charge in [0.1, 0.15) is 11.8 Å². The highest BCUT2D eigenvalue weighted by molar-refractivity contribution is 5.64. The summed E-state index contributed by atoms with van der Waals surface area (Å²) < 4.78 is 1.84. The van der Waals surface area contributed by atoms with Crippen LogP contribution in [-0.4, -0.2) is 4.57 Å². The molecule has 1 aromatic heterocycles. The number of benzene rings is 1. The molecule has 2 aromatic rings. The summed E-state index contributed by atoms with van der Waals surface area (Å²) in [6.07, 6.45) is 1.97. The van der Waals surface area contributed by atoms with Crippen LogP contribution in [0.2, 0.25) is 0 Å². The molecule has 68 valence electrons. The van der Waals surface area contributed by atoms with Gasteiger partial charge in [-0.2, -0.15) is 5.26 Å². The van der Waals surface area contributed by atoms with Gasteiger partial charge in [0.25, 0.3) is 0 Å². The molecule has 0 amide bonds. The van der Waals surface area contributed by atoms with Gasteiger partial charge in [-0.25, -0.2) is 0 Å². The molecule has 0 atom stereocenters. The van der Waals surface area contributed by atoms with Crippen molar-refractivity contribution in [2.24, 2.45) is 7.05 Å². The average Bonchev–Trinajstić information content (AvgIpc) is 2.61. The van der Waals surface area contributed by atoms with Gasteiger partial charge >= 0.3 is 0 Å². The van der Waals surface area contributed by atoms with Crippen molar-refractivity contribution >= 4 is 0 Å². The maximum Gasteiger partial charge on any atom is 0.120 e. The normalized spacial score (nSPS) is 9.71. The van der Waals surface area contributed by atoms with E-state index in [1.165, 1.54) is 0 Å². The number of aryl methyl sites for hydroxylation is 1. The molecule has 0 aliphatic carbocycles. The Morgan fingerprint density at radius 3 is 2.43 bits per heavy atom. The van der Waals surface area contributed by atoms with Crippen LogP contribution in [0.3, 0.4) is 0 Å². The van der Waals surface area contributed by atoms with E-state index in [-0.39, 0.29) is 0 Å². The van der Waals surface area contributed by atoms with E-state index in [0.29, 0.717) is 5.69 Å². The third kappa shape index (κ3) is 1.40. The average molecular weight is 182 g/mol. The van der Waals surface area contributed by atoms with Crippen LogP contribution in [0.5, 0.6) is 0 Å². The zero-order valence-electron chi connectivity index (χ0n) is 7.94. The SMILES string of the molecule is Cn1cc(-c2ccccc2)cc1C#N. The van der Waals surface area contributed by atoms with Gasteiger partial charge in [0.15, 0.2) is 0 Å². The van der Waals surface area contributed by atoms with E-state index in [1.807, 2.05) is 54.2 Å². The zero-order valence-corrected chi connectivity index (χ0v) is 7.94. The molecule has 0 bridgehead atoms. The molecule has 0 spiro atoms. The van der Waals surface area contributed by atoms with Gasteiger partial charge in [-0.3, -0.25) is 0 Å². The van der Waals surface area contributed by atoms with Crippen molar-refractivity contribution < 1.29 is 0 Å². The van der Waals surface area contributed by atoms with E-state index >= 15 is 0 Å². The maximum absolute atomic E-state index is 8.81. The summed E-state index contributed by atoms with van der Waals surface area (Å²) in [4.78, 5) is 0. The molecule has 0 saturated heterocycles. The van der Waals surface area contributed by atoms with E-state index < -0.39 is 0 Å². The molecule has 0 fully saturated rings. The predicted molar refractivity (Wildman–Crippen MR) is 55.6 cm³/mol. The van der Waals surface area contributed by atoms with Crippen LogP contribution in [0.4, 0.5) is 0 Å². The Morgan fingerprint density at radius 2 is 1.86 bits per heavy atom. The summed E-state index contributed by atoms with van der Waals surface area (Å²) in [5, 5.41) is 8.81. The van der Waals surface area contributed by atoms with E-state index in [2.05, 4.69) is 6.07 Å². The van der Waals surface area contributed by atoms with Gasteiger partial charge < -0.3 is 4.57 Å². The Morgan fingerprint density at radius 1 is 1.14 bits per heavy atom. The van der Waals surface area contributed by atoms with Crippen LogP contribution >= 0.6 is 0 Å². The minimum Gasteiger partial charge on any atom is -0.342 e. The summed E-state index contributed by atoms with van der Waals surface area (Å²) in [6.45, 7) is 0. The maximum atomic E-state index is 8.81. The third-order valence-corrected chi connectivity index (χ3v) is 2.23. The summed E-state index contributed by atoms with van der Waals surface area (Å²) >= 11 is 0. The topological polar surface area (TPSA) is 28.7 Å². The lowest BCUT2D eigenvalue weighted by Crippen LogP contribution is -1.86. The molecule has 14 heavy (non-hydrogen) atoms. The minimum absolute atomic E-state index is 0.684. The highest BCUT2D eigenvalue weighted by Crippen LogP contribution is 2.20. The van der Waals surface area contributed by atoms with E-state index in [1.54, 1.807) is 0 Å². The van der Waals surface area contributed by atoms with Gasteiger partial charge in [0.05, 0.1) is 0 Å². The van der Waals surface area contributed by atoms with Crippen LogP contribution < -0.4 is 0 Å². The fourth-order valence-corrected chi connectivity index (χ4v) is 1.46. The van der Waals surface area contributed by atoms with Crippen molar-refractivity contribution in [1.29, 1.82) is 5.26 Å². The highest BCUT2D eigenvalue weighted by Gasteiger charge is 2.03. The van der Waals surface area contributed by atoms with Gasteiger partial charge in [-0.15, -0.1) is 0 Å². The molecule has 0 radical (unpaired) electrons. The largest absolute Gasteiger partial charge is 0.342 e. The smallest absolute Gasteiger partial charge is 0.120 e. The minimum atomic E-state index is 0.684. The Balaban J connectivity index is 2.50. The first-order valence-electron chi connectivity index (χ1n) is 4.43. The third-order valence-electron chi connectivity index (χ3n) is 2.23. The first-order valence-corrected chi connectivity index (χ1v) is 4.43. The standard InChI is InChI=1S/C12H10N2/c1-14-9-11(7-12(14)8-13)10-5-3-2-4-6-10/h2-7,9H,1H3. The molecule has 2 rings (SSSR count). The molecule has 1 heterocycles. The number of nitriles is 1. The van der Waals surface area contributed by atoms with Crippen molar-refractivity contribution in [3.8, 4) is 17.2 Å². The lowest BCUT2D eigenvalue weighted by molar-refractivity contribution is 0.909. The first kappa shape index (κ1) is 8.58. The molecule has 2 heteroatoms. The first-order chi connectivity index (χ1) is 6.81. The second-order valence-electron chi connectivity index (χ2n) is 3.20. The lowest BCUT2D eigenvalue weighted by atomic mass is 10.1. The van der Waals surface area contributed by atoms with Crippen LogP contribution in [0.25, 0.3) is 11.1 Å². The predicted octanol–water partition coefficient (Wildman–Crippen LogP) is 2.56. The van der Waals surface area contributed by atoms with E-state index in [4.69, 9.17) is 5.26 Å². The van der Waals surface area contributed by atoms with E-state index in [0.717, 1.165) is 11.1 Å². The molecule has 0 unspecified atom stereocenters. The van der Waals surface area contributed by atoms with Crippen LogP contribution in [0.1, 0.15) is 5.69 Å². The fraction of sp³-hybridized carbons (Fsp3) is 0.0833. The van der Waals surface area contributed by atoms with Crippen LogP contribution in [0, 0.1) is 11.3 Å².